The molecule has 0 radical (unpaired) electrons. The molecule has 1 aliphatic rings. The molecule has 1 aliphatic carbocycles. The number of carbonyl (C=O) groups is 1. The van der Waals surface area contributed by atoms with Crippen LogP contribution < -0.4 is 5.32 Å². The van der Waals surface area contributed by atoms with Crippen molar-refractivity contribution in [2.24, 2.45) is 5.41 Å². The Kier molecular flexibility index (Phi) is 6.56. The van der Waals surface area contributed by atoms with Crippen molar-refractivity contribution in [3.05, 3.63) is 0 Å². The molecule has 0 bridgehead atoms. The molecule has 3 nitrogen and oxygen atoms in total. The van der Waals surface area contributed by atoms with Crippen LogP contribution in [0.1, 0.15) is 58.8 Å². The van der Waals surface area contributed by atoms with Crippen molar-refractivity contribution in [2.75, 3.05) is 19.7 Å². The van der Waals surface area contributed by atoms with Gasteiger partial charge in [-0.1, -0.05) is 39.5 Å². The Balaban J connectivity index is 2.07. The van der Waals surface area contributed by atoms with E-state index in [1.165, 1.54) is 32.1 Å². The lowest BCUT2D eigenvalue weighted by atomic mass is 9.76. The van der Waals surface area contributed by atoms with Gasteiger partial charge in [0.05, 0.1) is 13.2 Å². The molecule has 1 fully saturated rings. The van der Waals surface area contributed by atoms with E-state index >= 15 is 0 Å². The summed E-state index contributed by atoms with van der Waals surface area (Å²) in [4.78, 5) is 11.4. The summed E-state index contributed by atoms with van der Waals surface area (Å²) in [6.45, 7) is 6.28. The third-order valence-electron chi connectivity index (χ3n) is 3.64. The van der Waals surface area contributed by atoms with Crippen LogP contribution in [0.3, 0.4) is 0 Å². The second-order valence-electron chi connectivity index (χ2n) is 5.55. The van der Waals surface area contributed by atoms with Gasteiger partial charge in [-0.05, 0) is 24.7 Å². The number of ether oxygens (including phenoxy) is 1. The number of carbonyl (C=O) groups excluding carboxylic acids is 1. The maximum atomic E-state index is 11.4. The first-order valence-electron chi connectivity index (χ1n) is 7.03. The maximum Gasteiger partial charge on any atom is 0.319 e. The molecule has 0 atom stereocenters. The first-order chi connectivity index (χ1) is 8.16. The lowest BCUT2D eigenvalue weighted by Gasteiger charge is -2.33. The Morgan fingerprint density at radius 2 is 2.00 bits per heavy atom. The fraction of sp³-hybridized carbons (Fsp3) is 0.929. The van der Waals surface area contributed by atoms with Crippen LogP contribution in [-0.2, 0) is 9.53 Å². The van der Waals surface area contributed by atoms with Gasteiger partial charge in [-0.3, -0.25) is 4.79 Å². The average Bonchev–Trinajstić information content (AvgIpc) is 2.30. The number of unbranched alkanes of at least 4 members (excludes halogenated alkanes) is 1. The third-order valence-corrected chi connectivity index (χ3v) is 3.64. The van der Waals surface area contributed by atoms with Crippen LogP contribution in [0.2, 0.25) is 0 Å². The van der Waals surface area contributed by atoms with E-state index in [1.807, 2.05) is 0 Å². The highest BCUT2D eigenvalue weighted by Gasteiger charge is 2.26. The van der Waals surface area contributed by atoms with Gasteiger partial charge < -0.3 is 10.1 Å². The molecule has 0 unspecified atom stereocenters. The van der Waals surface area contributed by atoms with E-state index < -0.39 is 0 Å². The van der Waals surface area contributed by atoms with E-state index in [9.17, 15) is 4.79 Å². The third kappa shape index (κ3) is 6.06. The molecule has 1 N–H and O–H groups in total. The summed E-state index contributed by atoms with van der Waals surface area (Å²) in [5, 5.41) is 3.25. The van der Waals surface area contributed by atoms with Crippen molar-refractivity contribution in [1.29, 1.82) is 0 Å². The second kappa shape index (κ2) is 7.70. The topological polar surface area (TPSA) is 38.3 Å². The molecule has 0 saturated heterocycles. The molecule has 17 heavy (non-hydrogen) atoms. The lowest BCUT2D eigenvalue weighted by molar-refractivity contribution is -0.142. The van der Waals surface area contributed by atoms with Crippen molar-refractivity contribution in [1.82, 2.24) is 5.32 Å². The minimum atomic E-state index is -0.113. The average molecular weight is 241 g/mol. The maximum absolute atomic E-state index is 11.4. The summed E-state index contributed by atoms with van der Waals surface area (Å²) in [5.74, 6) is -0.113. The van der Waals surface area contributed by atoms with E-state index in [4.69, 9.17) is 4.74 Å². The van der Waals surface area contributed by atoms with Crippen molar-refractivity contribution in [2.45, 2.75) is 58.8 Å². The fourth-order valence-corrected chi connectivity index (χ4v) is 2.43. The number of nitrogens with one attached hydrogen (secondary N) is 1. The molecule has 0 heterocycles. The van der Waals surface area contributed by atoms with Gasteiger partial charge in [0.25, 0.3) is 0 Å². The molecule has 1 rings (SSSR count). The van der Waals surface area contributed by atoms with Crippen LogP contribution in [-0.4, -0.2) is 25.7 Å². The van der Waals surface area contributed by atoms with Crippen LogP contribution in [0, 0.1) is 5.41 Å². The Bertz CT molecular complexity index is 222. The summed E-state index contributed by atoms with van der Waals surface area (Å²) >= 11 is 0. The van der Waals surface area contributed by atoms with Gasteiger partial charge in [0.1, 0.15) is 0 Å². The molecule has 0 amide bonds. The summed E-state index contributed by atoms with van der Waals surface area (Å²) < 4.78 is 5.10. The van der Waals surface area contributed by atoms with Gasteiger partial charge in [-0.15, -0.1) is 0 Å². The van der Waals surface area contributed by atoms with Gasteiger partial charge in [0.2, 0.25) is 0 Å². The predicted molar refractivity (Wildman–Crippen MR) is 69.9 cm³/mol. The number of hydrogen-bond donors (Lipinski definition) is 1. The normalized spacial score (nSPS) is 18.9. The first kappa shape index (κ1) is 14.5. The number of rotatable bonds is 7. The minimum Gasteiger partial charge on any atom is -0.465 e. The van der Waals surface area contributed by atoms with E-state index in [2.05, 4.69) is 19.2 Å². The number of hydrogen-bond acceptors (Lipinski definition) is 3. The van der Waals surface area contributed by atoms with Crippen LogP contribution in [0.15, 0.2) is 0 Å². The van der Waals surface area contributed by atoms with Crippen molar-refractivity contribution in [3.8, 4) is 0 Å². The monoisotopic (exact) mass is 241 g/mol. The smallest absolute Gasteiger partial charge is 0.319 e. The Hall–Kier alpha value is -0.570. The zero-order chi connectivity index (χ0) is 12.6. The molecule has 1 saturated carbocycles. The van der Waals surface area contributed by atoms with Gasteiger partial charge in [0.15, 0.2) is 0 Å². The van der Waals surface area contributed by atoms with E-state index in [0.717, 1.165) is 19.4 Å². The SMILES string of the molecule is CCCCOC(=O)CNCC1(C)CCCCC1. The van der Waals surface area contributed by atoms with Gasteiger partial charge >= 0.3 is 5.97 Å². The molecule has 0 aliphatic heterocycles. The molecular formula is C14H27NO2. The van der Waals surface area contributed by atoms with Crippen molar-refractivity contribution < 1.29 is 9.53 Å². The van der Waals surface area contributed by atoms with Crippen molar-refractivity contribution in [3.63, 3.8) is 0 Å². The molecule has 0 aromatic carbocycles. The van der Waals surface area contributed by atoms with Gasteiger partial charge in [-0.25, -0.2) is 0 Å². The Morgan fingerprint density at radius 1 is 1.29 bits per heavy atom. The van der Waals surface area contributed by atoms with Crippen LogP contribution in [0.5, 0.6) is 0 Å². The van der Waals surface area contributed by atoms with Crippen LogP contribution >= 0.6 is 0 Å². The second-order valence-corrected chi connectivity index (χ2v) is 5.55. The standard InChI is InChI=1S/C14H27NO2/c1-3-4-10-17-13(16)11-15-12-14(2)8-6-5-7-9-14/h15H,3-12H2,1-2H3. The number of esters is 1. The molecular weight excluding hydrogens is 214 g/mol. The van der Waals surface area contributed by atoms with Crippen molar-refractivity contribution >= 4 is 5.97 Å². The summed E-state index contributed by atoms with van der Waals surface area (Å²) in [6, 6.07) is 0. The summed E-state index contributed by atoms with van der Waals surface area (Å²) in [5.41, 5.74) is 0.391. The zero-order valence-corrected chi connectivity index (χ0v) is 11.4. The predicted octanol–water partition coefficient (Wildman–Crippen LogP) is 2.89. The van der Waals surface area contributed by atoms with E-state index in [0.29, 0.717) is 18.6 Å². The molecule has 0 spiro atoms. The molecule has 100 valence electrons. The van der Waals surface area contributed by atoms with Crippen LogP contribution in [0.4, 0.5) is 0 Å². The first-order valence-corrected chi connectivity index (χ1v) is 7.03. The highest BCUT2D eigenvalue weighted by atomic mass is 16.5. The van der Waals surface area contributed by atoms with Crippen LogP contribution in [0.25, 0.3) is 0 Å². The Labute approximate surface area is 105 Å². The van der Waals surface area contributed by atoms with Gasteiger partial charge in [-0.2, -0.15) is 0 Å². The molecule has 3 heteroatoms. The molecule has 0 aromatic rings. The largest absolute Gasteiger partial charge is 0.465 e. The van der Waals surface area contributed by atoms with E-state index in [1.54, 1.807) is 0 Å². The lowest BCUT2D eigenvalue weighted by Crippen LogP contribution is -2.36. The summed E-state index contributed by atoms with van der Waals surface area (Å²) in [7, 11) is 0. The highest BCUT2D eigenvalue weighted by Crippen LogP contribution is 2.34. The summed E-state index contributed by atoms with van der Waals surface area (Å²) in [6.07, 6.45) is 8.63. The quantitative estimate of drug-likeness (QED) is 0.550. The fourth-order valence-electron chi connectivity index (χ4n) is 2.43. The van der Waals surface area contributed by atoms with Gasteiger partial charge in [0, 0.05) is 6.54 Å². The highest BCUT2D eigenvalue weighted by molar-refractivity contribution is 5.71. The zero-order valence-electron chi connectivity index (χ0n) is 11.4. The van der Waals surface area contributed by atoms with E-state index in [-0.39, 0.29) is 5.97 Å². The Morgan fingerprint density at radius 3 is 2.65 bits per heavy atom. The minimum absolute atomic E-state index is 0.113. The molecule has 0 aromatic heterocycles.